The molecule has 8 atom stereocenters. The molecule has 0 aromatic carbocycles. The number of carbonyl (C=O) groups is 2. The topological polar surface area (TPSA) is 175 Å². The SMILES string of the molecule is CCCCC/C=C\C/C=C\C/C=C\C/C=C\CCCCC(O)C(=O)NC(COC1OC(CO)C(O)C(O)C1OC(=O)CCCCCCCCCCCCCCCCCCCCCCC)C(O)/C=C/CCCCCCCCCCC. The third kappa shape index (κ3) is 43.7. The molecular weight excluding hydrogens is 991 g/mol. The summed E-state index contributed by atoms with van der Waals surface area (Å²) in [7, 11) is 0. The number of hydrogen-bond acceptors (Lipinski definition) is 10. The third-order valence-corrected chi connectivity index (χ3v) is 15.4. The average molecular weight is 1110 g/mol. The lowest BCUT2D eigenvalue weighted by Crippen LogP contribution is -2.61. The quantitative estimate of drug-likeness (QED) is 0.0195. The normalized spacial score (nSPS) is 19.2. The molecule has 1 aliphatic heterocycles. The molecule has 0 aliphatic carbocycles. The number of aliphatic hydroxyl groups excluding tert-OH is 5. The predicted molar refractivity (Wildman–Crippen MR) is 329 cm³/mol. The molecule has 0 aromatic rings. The lowest BCUT2D eigenvalue weighted by Gasteiger charge is -2.41. The summed E-state index contributed by atoms with van der Waals surface area (Å²) in [6.45, 7) is 5.76. The van der Waals surface area contributed by atoms with E-state index in [-0.39, 0.29) is 19.4 Å². The molecule has 1 fully saturated rings. The van der Waals surface area contributed by atoms with Gasteiger partial charge in [0.05, 0.1) is 25.4 Å². The highest BCUT2D eigenvalue weighted by molar-refractivity contribution is 5.80. The molecule has 0 saturated carbocycles. The van der Waals surface area contributed by atoms with Gasteiger partial charge in [-0.2, -0.15) is 0 Å². The van der Waals surface area contributed by atoms with Crippen molar-refractivity contribution in [2.75, 3.05) is 13.2 Å². The first-order chi connectivity index (χ1) is 38.7. The summed E-state index contributed by atoms with van der Waals surface area (Å²) in [5, 5.41) is 57.0. The number of carbonyl (C=O) groups excluding carboxylic acids is 2. The Morgan fingerprint density at radius 1 is 0.494 bits per heavy atom. The van der Waals surface area contributed by atoms with Gasteiger partial charge in [-0.05, 0) is 70.6 Å². The van der Waals surface area contributed by atoms with E-state index in [1.165, 1.54) is 173 Å². The van der Waals surface area contributed by atoms with E-state index < -0.39 is 67.4 Å². The molecule has 11 nitrogen and oxygen atoms in total. The number of allylic oxidation sites excluding steroid dienone is 9. The Kier molecular flexibility index (Phi) is 52.6. The highest BCUT2D eigenvalue weighted by Crippen LogP contribution is 2.26. The fourth-order valence-corrected chi connectivity index (χ4v) is 10.2. The standard InChI is InChI=1S/C68H123NO10/c1-4-7-10-13-16-19-22-24-26-28-30-31-32-34-36-38-41-44-47-50-53-56-63(73)79-66-65(75)64(74)62(57-70)78-68(66)77-58-59(60(71)54-51-48-45-42-39-21-18-15-12-9-6-3)69-67(76)61(72)55-52-49-46-43-40-37-35-33-29-27-25-23-20-17-14-11-8-5-2/h17,20,25,27,33,35,40,43,51,54,59-62,64-66,68,70-72,74-75H,4-16,18-19,21-24,26,28-32,34,36-39,41-42,44-50,52-53,55-58H2,1-3H3,(H,69,76)/b20-17-,27-25-,35-33-,43-40-,54-51+. The van der Waals surface area contributed by atoms with Crippen molar-refractivity contribution in [3.05, 3.63) is 60.8 Å². The molecule has 1 aliphatic rings. The van der Waals surface area contributed by atoms with Crippen molar-refractivity contribution < 1.29 is 49.3 Å². The van der Waals surface area contributed by atoms with Gasteiger partial charge in [0, 0.05) is 6.42 Å². The van der Waals surface area contributed by atoms with Crippen LogP contribution in [0, 0.1) is 0 Å². The summed E-state index contributed by atoms with van der Waals surface area (Å²) in [6, 6.07) is -1.04. The van der Waals surface area contributed by atoms with Crippen molar-refractivity contribution in [1.82, 2.24) is 5.32 Å². The molecule has 6 N–H and O–H groups in total. The van der Waals surface area contributed by atoms with Gasteiger partial charge in [-0.1, -0.05) is 281 Å². The zero-order valence-corrected chi connectivity index (χ0v) is 51.0. The zero-order valence-electron chi connectivity index (χ0n) is 51.0. The van der Waals surface area contributed by atoms with E-state index >= 15 is 0 Å². The largest absolute Gasteiger partial charge is 0.454 e. The second kappa shape index (κ2) is 55.9. The maximum atomic E-state index is 13.4. The summed E-state index contributed by atoms with van der Waals surface area (Å²) in [5.41, 5.74) is 0. The minimum Gasteiger partial charge on any atom is -0.454 e. The average Bonchev–Trinajstić information content (AvgIpc) is 3.45. The number of hydrogen-bond donors (Lipinski definition) is 6. The number of esters is 1. The molecule has 11 heteroatoms. The molecule has 1 heterocycles. The molecule has 460 valence electrons. The van der Waals surface area contributed by atoms with Crippen molar-refractivity contribution in [3.63, 3.8) is 0 Å². The van der Waals surface area contributed by atoms with Gasteiger partial charge < -0.3 is 45.1 Å². The fraction of sp³-hybridized carbons (Fsp3) is 0.824. The Morgan fingerprint density at radius 2 is 0.873 bits per heavy atom. The maximum absolute atomic E-state index is 13.4. The molecule has 0 aromatic heterocycles. The molecular formula is C68H123NO10. The highest BCUT2D eigenvalue weighted by Gasteiger charge is 2.47. The van der Waals surface area contributed by atoms with Crippen molar-refractivity contribution in [2.45, 2.75) is 346 Å². The van der Waals surface area contributed by atoms with Gasteiger partial charge in [-0.25, -0.2) is 0 Å². The third-order valence-electron chi connectivity index (χ3n) is 15.4. The van der Waals surface area contributed by atoms with Crippen molar-refractivity contribution in [1.29, 1.82) is 0 Å². The van der Waals surface area contributed by atoms with E-state index in [2.05, 4.69) is 74.7 Å². The minimum absolute atomic E-state index is 0.122. The summed E-state index contributed by atoms with van der Waals surface area (Å²) in [6.07, 6.45) is 59.8. The number of unbranched alkanes of at least 4 members (excludes halogenated alkanes) is 34. The summed E-state index contributed by atoms with van der Waals surface area (Å²) >= 11 is 0. The molecule has 1 saturated heterocycles. The van der Waals surface area contributed by atoms with E-state index in [1.54, 1.807) is 6.08 Å². The first-order valence-electron chi connectivity index (χ1n) is 33.1. The van der Waals surface area contributed by atoms with E-state index in [9.17, 15) is 35.1 Å². The molecule has 0 radical (unpaired) electrons. The van der Waals surface area contributed by atoms with Gasteiger partial charge in [-0.15, -0.1) is 0 Å². The monoisotopic (exact) mass is 1110 g/mol. The van der Waals surface area contributed by atoms with Crippen LogP contribution >= 0.6 is 0 Å². The molecule has 8 unspecified atom stereocenters. The van der Waals surface area contributed by atoms with Gasteiger partial charge >= 0.3 is 5.97 Å². The van der Waals surface area contributed by atoms with Crippen LogP contribution in [0.25, 0.3) is 0 Å². The number of amides is 1. The predicted octanol–water partition coefficient (Wildman–Crippen LogP) is 16.2. The molecule has 1 amide bonds. The Bertz CT molecular complexity index is 1510. The van der Waals surface area contributed by atoms with E-state index in [0.29, 0.717) is 12.8 Å². The number of aliphatic hydroxyl groups is 5. The van der Waals surface area contributed by atoms with Gasteiger partial charge in [0.1, 0.15) is 24.4 Å². The zero-order chi connectivity index (χ0) is 57.5. The van der Waals surface area contributed by atoms with Crippen molar-refractivity contribution >= 4 is 11.9 Å². The Labute approximate surface area is 484 Å². The molecule has 79 heavy (non-hydrogen) atoms. The van der Waals surface area contributed by atoms with Crippen LogP contribution in [-0.2, 0) is 23.8 Å². The Balaban J connectivity index is 2.63. The smallest absolute Gasteiger partial charge is 0.306 e. The van der Waals surface area contributed by atoms with Gasteiger partial charge in [-0.3, -0.25) is 9.59 Å². The van der Waals surface area contributed by atoms with Crippen molar-refractivity contribution in [3.8, 4) is 0 Å². The van der Waals surface area contributed by atoms with Crippen LogP contribution in [0.15, 0.2) is 60.8 Å². The minimum atomic E-state index is -1.62. The molecule has 0 bridgehead atoms. The molecule has 1 rings (SSSR count). The summed E-state index contributed by atoms with van der Waals surface area (Å²) < 4.78 is 17.6. The maximum Gasteiger partial charge on any atom is 0.306 e. The first-order valence-corrected chi connectivity index (χ1v) is 33.1. The van der Waals surface area contributed by atoms with Gasteiger partial charge in [0.25, 0.3) is 0 Å². The lowest BCUT2D eigenvalue weighted by molar-refractivity contribution is -0.305. The Morgan fingerprint density at radius 3 is 1.33 bits per heavy atom. The van der Waals surface area contributed by atoms with Crippen LogP contribution in [0.1, 0.15) is 297 Å². The van der Waals surface area contributed by atoms with Gasteiger partial charge in [0.2, 0.25) is 5.91 Å². The Hall–Kier alpha value is -2.64. The van der Waals surface area contributed by atoms with Gasteiger partial charge in [0.15, 0.2) is 12.4 Å². The number of nitrogens with one attached hydrogen (secondary N) is 1. The molecule has 0 spiro atoms. The second-order valence-electron chi connectivity index (χ2n) is 22.9. The summed E-state index contributed by atoms with van der Waals surface area (Å²) in [4.78, 5) is 26.6. The first kappa shape index (κ1) is 74.4. The van der Waals surface area contributed by atoms with Crippen LogP contribution in [0.2, 0.25) is 0 Å². The van der Waals surface area contributed by atoms with Crippen LogP contribution in [0.4, 0.5) is 0 Å². The highest BCUT2D eigenvalue weighted by atomic mass is 16.7. The fourth-order valence-electron chi connectivity index (χ4n) is 10.2. The van der Waals surface area contributed by atoms with Crippen LogP contribution in [0.3, 0.4) is 0 Å². The van der Waals surface area contributed by atoms with Crippen molar-refractivity contribution in [2.24, 2.45) is 0 Å². The van der Waals surface area contributed by atoms with E-state index in [1.807, 2.05) is 6.08 Å². The van der Waals surface area contributed by atoms with E-state index in [0.717, 1.165) is 77.0 Å². The lowest BCUT2D eigenvalue weighted by atomic mass is 9.99. The van der Waals surface area contributed by atoms with E-state index in [4.69, 9.17) is 14.2 Å². The number of rotatable bonds is 56. The van der Waals surface area contributed by atoms with Crippen LogP contribution < -0.4 is 5.32 Å². The second-order valence-corrected chi connectivity index (χ2v) is 22.9. The van der Waals surface area contributed by atoms with Crippen LogP contribution in [-0.4, -0.2) is 99.6 Å². The van der Waals surface area contributed by atoms with Crippen LogP contribution in [0.5, 0.6) is 0 Å². The number of ether oxygens (including phenoxy) is 3. The summed E-state index contributed by atoms with van der Waals surface area (Å²) in [5.74, 6) is -1.22.